The quantitative estimate of drug-likeness (QED) is 0.739. The molecule has 0 atom stereocenters. The zero-order valence-electron chi connectivity index (χ0n) is 12.4. The van der Waals surface area contributed by atoms with Crippen molar-refractivity contribution >= 4 is 10.2 Å². The molecule has 0 spiro atoms. The van der Waals surface area contributed by atoms with E-state index in [0.29, 0.717) is 25.9 Å². The Kier molecular flexibility index (Phi) is 6.23. The van der Waals surface area contributed by atoms with Gasteiger partial charge >= 0.3 is 0 Å². The van der Waals surface area contributed by atoms with Gasteiger partial charge in [0.25, 0.3) is 10.2 Å². The number of hydrogen-bond acceptors (Lipinski definition) is 3. The van der Waals surface area contributed by atoms with Gasteiger partial charge in [0.2, 0.25) is 0 Å². The highest BCUT2D eigenvalue weighted by Gasteiger charge is 2.36. The molecule has 0 saturated heterocycles. The standard InChI is InChI=1S/C13H28N2O3S/c1-4-10-15(11-5-2)19(17,18)14(3)12-13(16)8-6-7-9-13/h16H,4-12H2,1-3H3. The SMILES string of the molecule is CCCN(CCC)S(=O)(=O)N(C)CC1(O)CCCC1. The summed E-state index contributed by atoms with van der Waals surface area (Å²) in [4.78, 5) is 0. The molecule has 0 aromatic heterocycles. The van der Waals surface area contributed by atoms with Gasteiger partial charge in [-0.3, -0.25) is 0 Å². The first-order chi connectivity index (χ1) is 8.85. The maximum Gasteiger partial charge on any atom is 0.281 e. The van der Waals surface area contributed by atoms with Crippen LogP contribution >= 0.6 is 0 Å². The van der Waals surface area contributed by atoms with E-state index >= 15 is 0 Å². The van der Waals surface area contributed by atoms with E-state index < -0.39 is 15.8 Å². The van der Waals surface area contributed by atoms with Crippen LogP contribution in [0, 0.1) is 0 Å². The van der Waals surface area contributed by atoms with Crippen LogP contribution < -0.4 is 0 Å². The second kappa shape index (κ2) is 7.02. The molecule has 6 heteroatoms. The lowest BCUT2D eigenvalue weighted by Gasteiger charge is -2.32. The van der Waals surface area contributed by atoms with Gasteiger partial charge in [0.15, 0.2) is 0 Å². The predicted molar refractivity (Wildman–Crippen MR) is 77.1 cm³/mol. The van der Waals surface area contributed by atoms with Crippen LogP contribution in [-0.4, -0.2) is 54.4 Å². The molecule has 1 fully saturated rings. The fraction of sp³-hybridized carbons (Fsp3) is 1.00. The first-order valence-electron chi connectivity index (χ1n) is 7.29. The molecule has 19 heavy (non-hydrogen) atoms. The largest absolute Gasteiger partial charge is 0.389 e. The van der Waals surface area contributed by atoms with Gasteiger partial charge in [0.05, 0.1) is 5.60 Å². The van der Waals surface area contributed by atoms with Crippen LogP contribution in [-0.2, 0) is 10.2 Å². The minimum Gasteiger partial charge on any atom is -0.389 e. The second-order valence-corrected chi connectivity index (χ2v) is 7.63. The van der Waals surface area contributed by atoms with Crippen molar-refractivity contribution in [3.63, 3.8) is 0 Å². The molecule has 114 valence electrons. The number of likely N-dealkylation sites (N-methyl/N-ethyl adjacent to an activating group) is 1. The predicted octanol–water partition coefficient (Wildman–Crippen LogP) is 1.59. The molecule has 0 unspecified atom stereocenters. The Morgan fingerprint density at radius 1 is 1.11 bits per heavy atom. The van der Waals surface area contributed by atoms with Gasteiger partial charge in [0.1, 0.15) is 0 Å². The molecule has 0 aromatic rings. The summed E-state index contributed by atoms with van der Waals surface area (Å²) in [7, 11) is -1.87. The van der Waals surface area contributed by atoms with Crippen molar-refractivity contribution in [3.05, 3.63) is 0 Å². The van der Waals surface area contributed by atoms with E-state index in [1.165, 1.54) is 8.61 Å². The Morgan fingerprint density at radius 3 is 2.00 bits per heavy atom. The van der Waals surface area contributed by atoms with Gasteiger partial charge < -0.3 is 5.11 Å². The molecule has 0 bridgehead atoms. The van der Waals surface area contributed by atoms with Crippen LogP contribution in [0.25, 0.3) is 0 Å². The molecule has 5 nitrogen and oxygen atoms in total. The summed E-state index contributed by atoms with van der Waals surface area (Å²) in [6, 6.07) is 0. The summed E-state index contributed by atoms with van der Waals surface area (Å²) in [5, 5.41) is 10.3. The second-order valence-electron chi connectivity index (χ2n) is 5.59. The van der Waals surface area contributed by atoms with Gasteiger partial charge in [-0.25, -0.2) is 0 Å². The first kappa shape index (κ1) is 16.9. The molecule has 0 heterocycles. The monoisotopic (exact) mass is 292 g/mol. The van der Waals surface area contributed by atoms with Crippen molar-refractivity contribution in [1.29, 1.82) is 0 Å². The third-order valence-corrected chi connectivity index (χ3v) is 5.65. The van der Waals surface area contributed by atoms with Gasteiger partial charge in [-0.1, -0.05) is 26.7 Å². The zero-order valence-corrected chi connectivity index (χ0v) is 13.2. The van der Waals surface area contributed by atoms with Crippen LogP contribution in [0.4, 0.5) is 0 Å². The van der Waals surface area contributed by atoms with Crippen molar-refractivity contribution in [2.75, 3.05) is 26.7 Å². The maximum atomic E-state index is 12.5. The van der Waals surface area contributed by atoms with E-state index in [1.807, 2.05) is 13.8 Å². The van der Waals surface area contributed by atoms with Crippen molar-refractivity contribution in [3.8, 4) is 0 Å². The van der Waals surface area contributed by atoms with Gasteiger partial charge in [-0.15, -0.1) is 0 Å². The number of hydrogen-bond donors (Lipinski definition) is 1. The number of rotatable bonds is 8. The fourth-order valence-electron chi connectivity index (χ4n) is 2.73. The maximum absolute atomic E-state index is 12.5. The molecule has 0 aromatic carbocycles. The third-order valence-electron chi connectivity index (χ3n) is 3.72. The van der Waals surface area contributed by atoms with Crippen molar-refractivity contribution in [2.45, 2.75) is 58.0 Å². The van der Waals surface area contributed by atoms with E-state index in [1.54, 1.807) is 7.05 Å². The van der Waals surface area contributed by atoms with Gasteiger partial charge in [-0.2, -0.15) is 17.0 Å². The minimum absolute atomic E-state index is 0.208. The summed E-state index contributed by atoms with van der Waals surface area (Å²) in [5.74, 6) is 0. The molecular weight excluding hydrogens is 264 g/mol. The Labute approximate surface area is 117 Å². The Balaban J connectivity index is 2.73. The van der Waals surface area contributed by atoms with E-state index in [0.717, 1.165) is 25.7 Å². The number of nitrogens with zero attached hydrogens (tertiary/aromatic N) is 2. The molecule has 1 N–H and O–H groups in total. The summed E-state index contributed by atoms with van der Waals surface area (Å²) in [6.45, 7) is 5.24. The molecule has 1 saturated carbocycles. The number of aliphatic hydroxyl groups is 1. The van der Waals surface area contributed by atoms with E-state index in [-0.39, 0.29) is 6.54 Å². The molecule has 1 rings (SSSR count). The summed E-state index contributed by atoms with van der Waals surface area (Å²) >= 11 is 0. The van der Waals surface area contributed by atoms with Gasteiger partial charge in [-0.05, 0) is 25.7 Å². The summed E-state index contributed by atoms with van der Waals surface area (Å²) < 4.78 is 27.8. The molecule has 1 aliphatic carbocycles. The van der Waals surface area contributed by atoms with Crippen LogP contribution in [0.3, 0.4) is 0 Å². The van der Waals surface area contributed by atoms with Crippen LogP contribution in [0.1, 0.15) is 52.4 Å². The normalized spacial score (nSPS) is 19.5. The Hall–Kier alpha value is -0.170. The van der Waals surface area contributed by atoms with Crippen molar-refractivity contribution in [1.82, 2.24) is 8.61 Å². The molecule has 0 aliphatic heterocycles. The topological polar surface area (TPSA) is 60.9 Å². The lowest BCUT2D eigenvalue weighted by molar-refractivity contribution is 0.0322. The van der Waals surface area contributed by atoms with Gasteiger partial charge in [0, 0.05) is 26.7 Å². The van der Waals surface area contributed by atoms with E-state index in [9.17, 15) is 13.5 Å². The average Bonchev–Trinajstić information content (AvgIpc) is 2.75. The molecule has 1 aliphatic rings. The Bertz CT molecular complexity index is 358. The summed E-state index contributed by atoms with van der Waals surface area (Å²) in [6.07, 6.45) is 4.98. The average molecular weight is 292 g/mol. The third kappa shape index (κ3) is 4.41. The van der Waals surface area contributed by atoms with Crippen LogP contribution in [0.5, 0.6) is 0 Å². The smallest absolute Gasteiger partial charge is 0.281 e. The Morgan fingerprint density at radius 2 is 1.58 bits per heavy atom. The molecule has 0 amide bonds. The van der Waals surface area contributed by atoms with E-state index in [4.69, 9.17) is 0 Å². The lowest BCUT2D eigenvalue weighted by atomic mass is 10.0. The highest BCUT2D eigenvalue weighted by atomic mass is 32.2. The fourth-order valence-corrected chi connectivity index (χ4v) is 4.35. The lowest BCUT2D eigenvalue weighted by Crippen LogP contribution is -2.48. The molecule has 0 radical (unpaired) electrons. The minimum atomic E-state index is -3.44. The van der Waals surface area contributed by atoms with Crippen molar-refractivity contribution in [2.24, 2.45) is 0 Å². The van der Waals surface area contributed by atoms with Crippen molar-refractivity contribution < 1.29 is 13.5 Å². The van der Waals surface area contributed by atoms with Crippen LogP contribution in [0.2, 0.25) is 0 Å². The highest BCUT2D eigenvalue weighted by Crippen LogP contribution is 2.30. The molecular formula is C13H28N2O3S. The zero-order chi connectivity index (χ0) is 14.5. The summed E-state index contributed by atoms with van der Waals surface area (Å²) in [5.41, 5.74) is -0.827. The first-order valence-corrected chi connectivity index (χ1v) is 8.69. The van der Waals surface area contributed by atoms with E-state index in [2.05, 4.69) is 0 Å². The van der Waals surface area contributed by atoms with Crippen LogP contribution in [0.15, 0.2) is 0 Å². The highest BCUT2D eigenvalue weighted by molar-refractivity contribution is 7.86.